The normalized spacial score (nSPS) is 18.2. The van der Waals surface area contributed by atoms with Crippen LogP contribution in [0.2, 0.25) is 0 Å². The number of hydrogen-bond donors (Lipinski definition) is 1. The lowest BCUT2D eigenvalue weighted by Crippen LogP contribution is -2.39. The third-order valence-corrected chi connectivity index (χ3v) is 4.24. The zero-order valence-corrected chi connectivity index (χ0v) is 13.2. The van der Waals surface area contributed by atoms with Gasteiger partial charge in [-0.2, -0.15) is 5.10 Å². The fourth-order valence-corrected chi connectivity index (χ4v) is 2.49. The van der Waals surface area contributed by atoms with Crippen LogP contribution in [-0.2, 0) is 11.3 Å². The molecule has 1 aromatic rings. The fraction of sp³-hybridized carbons (Fsp3) is 0.733. The second-order valence-corrected chi connectivity index (χ2v) is 6.06. The minimum atomic E-state index is -0.0857. The smallest absolute Gasteiger partial charge is 0.268 e. The molecule has 118 valence electrons. The van der Waals surface area contributed by atoms with Crippen molar-refractivity contribution in [3.05, 3.63) is 22.6 Å². The maximum atomic E-state index is 12.2. The Balaban J connectivity index is 2.04. The molecule has 2 rings (SSSR count). The number of rotatable bonds is 5. The molecule has 1 saturated heterocycles. The molecule has 2 heterocycles. The highest BCUT2D eigenvalue weighted by molar-refractivity contribution is 5.43. The van der Waals surface area contributed by atoms with Crippen LogP contribution in [0, 0.1) is 5.92 Å². The SMILES string of the molecule is COC1CCN(c2cnn(CC(N)C(C)C)c(=O)c2)CC1. The molecule has 0 aromatic carbocycles. The van der Waals surface area contributed by atoms with E-state index in [2.05, 4.69) is 10.00 Å². The van der Waals surface area contributed by atoms with Crippen molar-refractivity contribution in [3.8, 4) is 0 Å². The molecule has 2 N–H and O–H groups in total. The molecule has 0 aliphatic carbocycles. The van der Waals surface area contributed by atoms with E-state index < -0.39 is 0 Å². The van der Waals surface area contributed by atoms with Crippen LogP contribution in [0.3, 0.4) is 0 Å². The molecule has 1 aliphatic heterocycles. The number of nitrogens with zero attached hydrogens (tertiary/aromatic N) is 3. The zero-order valence-electron chi connectivity index (χ0n) is 13.2. The zero-order chi connectivity index (χ0) is 15.4. The lowest BCUT2D eigenvalue weighted by molar-refractivity contribution is 0.0819. The van der Waals surface area contributed by atoms with Crippen molar-refractivity contribution < 1.29 is 4.74 Å². The summed E-state index contributed by atoms with van der Waals surface area (Å²) in [6.45, 7) is 6.35. The van der Waals surface area contributed by atoms with Gasteiger partial charge in [-0.3, -0.25) is 4.79 Å². The van der Waals surface area contributed by atoms with E-state index in [-0.39, 0.29) is 11.6 Å². The Kier molecular flexibility index (Phi) is 5.36. The molecule has 0 radical (unpaired) electrons. The molecule has 0 spiro atoms. The fourth-order valence-electron chi connectivity index (χ4n) is 2.49. The van der Waals surface area contributed by atoms with E-state index in [4.69, 9.17) is 10.5 Å². The van der Waals surface area contributed by atoms with Crippen molar-refractivity contribution in [2.45, 2.75) is 45.4 Å². The maximum Gasteiger partial charge on any atom is 0.268 e. The van der Waals surface area contributed by atoms with E-state index in [9.17, 15) is 4.79 Å². The van der Waals surface area contributed by atoms with Crippen molar-refractivity contribution in [1.82, 2.24) is 9.78 Å². The predicted octanol–water partition coefficient (Wildman–Crippen LogP) is 0.842. The molecule has 0 amide bonds. The summed E-state index contributed by atoms with van der Waals surface area (Å²) < 4.78 is 6.82. The number of anilines is 1. The predicted molar refractivity (Wildman–Crippen MR) is 83.6 cm³/mol. The second kappa shape index (κ2) is 7.04. The molecular weight excluding hydrogens is 268 g/mol. The van der Waals surface area contributed by atoms with Gasteiger partial charge in [0.2, 0.25) is 0 Å². The van der Waals surface area contributed by atoms with Crippen LogP contribution in [-0.4, -0.2) is 42.1 Å². The highest BCUT2D eigenvalue weighted by Gasteiger charge is 2.20. The van der Waals surface area contributed by atoms with Gasteiger partial charge in [0.1, 0.15) is 0 Å². The van der Waals surface area contributed by atoms with E-state index in [0.717, 1.165) is 31.6 Å². The van der Waals surface area contributed by atoms with Crippen molar-refractivity contribution >= 4 is 5.69 Å². The molecule has 21 heavy (non-hydrogen) atoms. The van der Waals surface area contributed by atoms with Crippen LogP contribution < -0.4 is 16.2 Å². The molecule has 1 atom stereocenters. The summed E-state index contributed by atoms with van der Waals surface area (Å²) in [6.07, 6.45) is 4.07. The van der Waals surface area contributed by atoms with Gasteiger partial charge in [0, 0.05) is 32.3 Å². The molecule has 1 aromatic heterocycles. The molecule has 1 unspecified atom stereocenters. The number of aromatic nitrogens is 2. The Morgan fingerprint density at radius 3 is 2.62 bits per heavy atom. The number of methoxy groups -OCH3 is 1. The summed E-state index contributed by atoms with van der Waals surface area (Å²) >= 11 is 0. The number of ether oxygens (including phenoxy) is 1. The van der Waals surface area contributed by atoms with Gasteiger partial charge in [-0.25, -0.2) is 4.68 Å². The van der Waals surface area contributed by atoms with E-state index in [1.165, 1.54) is 4.68 Å². The molecule has 6 nitrogen and oxygen atoms in total. The van der Waals surface area contributed by atoms with Crippen molar-refractivity contribution in [3.63, 3.8) is 0 Å². The maximum absolute atomic E-state index is 12.2. The number of nitrogens with two attached hydrogens (primary N) is 1. The van der Waals surface area contributed by atoms with Crippen molar-refractivity contribution in [2.75, 3.05) is 25.1 Å². The van der Waals surface area contributed by atoms with Gasteiger partial charge in [0.05, 0.1) is 24.5 Å². The Labute approximate surface area is 125 Å². The number of hydrogen-bond acceptors (Lipinski definition) is 5. The monoisotopic (exact) mass is 294 g/mol. The second-order valence-electron chi connectivity index (χ2n) is 6.06. The van der Waals surface area contributed by atoms with Gasteiger partial charge in [-0.15, -0.1) is 0 Å². The average molecular weight is 294 g/mol. The molecule has 6 heteroatoms. The minimum absolute atomic E-state index is 0.0569. The van der Waals surface area contributed by atoms with Gasteiger partial charge in [-0.05, 0) is 18.8 Å². The van der Waals surface area contributed by atoms with Crippen LogP contribution in [0.5, 0.6) is 0 Å². The van der Waals surface area contributed by atoms with Crippen LogP contribution in [0.25, 0.3) is 0 Å². The van der Waals surface area contributed by atoms with Gasteiger partial charge >= 0.3 is 0 Å². The molecule has 1 fully saturated rings. The van der Waals surface area contributed by atoms with E-state index in [1.54, 1.807) is 19.4 Å². The van der Waals surface area contributed by atoms with Crippen LogP contribution in [0.15, 0.2) is 17.1 Å². The van der Waals surface area contributed by atoms with Gasteiger partial charge < -0.3 is 15.4 Å². The third-order valence-electron chi connectivity index (χ3n) is 4.24. The molecular formula is C15H26N4O2. The first kappa shape index (κ1) is 16.0. The number of piperidine rings is 1. The highest BCUT2D eigenvalue weighted by Crippen LogP contribution is 2.19. The van der Waals surface area contributed by atoms with Crippen LogP contribution in [0.4, 0.5) is 5.69 Å². The van der Waals surface area contributed by atoms with Gasteiger partial charge in [-0.1, -0.05) is 13.8 Å². The Morgan fingerprint density at radius 2 is 2.10 bits per heavy atom. The Morgan fingerprint density at radius 1 is 1.43 bits per heavy atom. The standard InChI is InChI=1S/C15H26N4O2/c1-11(2)14(16)10-19-15(20)8-12(9-17-19)18-6-4-13(21-3)5-7-18/h8-9,11,13-14H,4-7,10,16H2,1-3H3. The van der Waals surface area contributed by atoms with Gasteiger partial charge in [0.25, 0.3) is 5.56 Å². The van der Waals surface area contributed by atoms with Crippen LogP contribution in [0.1, 0.15) is 26.7 Å². The van der Waals surface area contributed by atoms with Crippen molar-refractivity contribution in [2.24, 2.45) is 11.7 Å². The summed E-state index contributed by atoms with van der Waals surface area (Å²) in [4.78, 5) is 14.3. The van der Waals surface area contributed by atoms with E-state index >= 15 is 0 Å². The molecule has 1 aliphatic rings. The topological polar surface area (TPSA) is 73.4 Å². The largest absolute Gasteiger partial charge is 0.381 e. The third kappa shape index (κ3) is 4.04. The molecule has 0 bridgehead atoms. The first-order valence-electron chi connectivity index (χ1n) is 7.61. The first-order chi connectivity index (χ1) is 10.0. The Hall–Kier alpha value is -1.40. The lowest BCUT2D eigenvalue weighted by atomic mass is 10.1. The summed E-state index contributed by atoms with van der Waals surface area (Å²) in [7, 11) is 1.75. The summed E-state index contributed by atoms with van der Waals surface area (Å²) in [5, 5.41) is 4.27. The quantitative estimate of drug-likeness (QED) is 0.871. The highest BCUT2D eigenvalue weighted by atomic mass is 16.5. The summed E-state index contributed by atoms with van der Waals surface area (Å²) in [5.41, 5.74) is 6.81. The van der Waals surface area contributed by atoms with Crippen molar-refractivity contribution in [1.29, 1.82) is 0 Å². The lowest BCUT2D eigenvalue weighted by Gasteiger charge is -2.32. The van der Waals surface area contributed by atoms with E-state index in [1.807, 2.05) is 13.8 Å². The summed E-state index contributed by atoms with van der Waals surface area (Å²) in [6, 6.07) is 1.60. The first-order valence-corrected chi connectivity index (χ1v) is 7.61. The minimum Gasteiger partial charge on any atom is -0.381 e. The van der Waals surface area contributed by atoms with Gasteiger partial charge in [0.15, 0.2) is 0 Å². The summed E-state index contributed by atoms with van der Waals surface area (Å²) in [5.74, 6) is 0.325. The average Bonchev–Trinajstić information content (AvgIpc) is 2.49. The van der Waals surface area contributed by atoms with Crippen LogP contribution >= 0.6 is 0 Å². The van der Waals surface area contributed by atoms with E-state index in [0.29, 0.717) is 18.6 Å². The molecule has 0 saturated carbocycles. The Bertz CT molecular complexity index is 507.